The predicted octanol–water partition coefficient (Wildman–Crippen LogP) is 4.36. The van der Waals surface area contributed by atoms with E-state index in [1.807, 2.05) is 0 Å². The third kappa shape index (κ3) is 5.74. The van der Waals surface area contributed by atoms with Crippen molar-refractivity contribution in [2.75, 3.05) is 37.3 Å². The topological polar surface area (TPSA) is 120 Å². The van der Waals surface area contributed by atoms with Gasteiger partial charge in [-0.25, -0.2) is 0 Å². The van der Waals surface area contributed by atoms with Crippen LogP contribution in [-0.2, 0) is 11.0 Å². The maximum atomic E-state index is 13.5. The van der Waals surface area contributed by atoms with Crippen LogP contribution in [0.4, 0.5) is 42.1 Å². The van der Waals surface area contributed by atoms with Gasteiger partial charge in [-0.05, 0) is 12.1 Å². The first-order valence-electron chi connectivity index (χ1n) is 9.68. The third-order valence-corrected chi connectivity index (χ3v) is 4.29. The summed E-state index contributed by atoms with van der Waals surface area (Å²) < 4.78 is 56.2. The molecule has 0 spiro atoms. The molecule has 0 fully saturated rings. The van der Waals surface area contributed by atoms with Crippen LogP contribution >= 0.6 is 0 Å². The van der Waals surface area contributed by atoms with Crippen LogP contribution in [0.5, 0.6) is 17.2 Å². The van der Waals surface area contributed by atoms with Gasteiger partial charge in [0, 0.05) is 24.7 Å². The average molecular weight is 478 g/mol. The number of nitrogens with zero attached hydrogens (tertiary/aromatic N) is 3. The molecule has 0 aliphatic rings. The van der Waals surface area contributed by atoms with Crippen molar-refractivity contribution in [1.29, 1.82) is 0 Å². The molecule has 2 aromatic carbocycles. The molecule has 0 saturated carbocycles. The highest BCUT2D eigenvalue weighted by molar-refractivity contribution is 5.93. The van der Waals surface area contributed by atoms with Crippen LogP contribution in [0, 0.1) is 0 Å². The van der Waals surface area contributed by atoms with E-state index in [0.717, 1.165) is 0 Å². The summed E-state index contributed by atoms with van der Waals surface area (Å²) in [6.45, 7) is 1.31. The average Bonchev–Trinajstić information content (AvgIpc) is 2.78. The van der Waals surface area contributed by atoms with E-state index in [9.17, 15) is 18.0 Å². The van der Waals surface area contributed by atoms with Crippen molar-refractivity contribution in [3.63, 3.8) is 0 Å². The standard InChI is InChI=1S/C21H21F3N6O4/c1-11(31)25-13-7-5-6-8-14(13)27-20-29-18(21(22,23)24)28-19(30-20)26-12-9-15(32-2)17(34-4)16(10-12)33-3/h5-10H,1-4H3,(H,25,31)(H2,26,27,28,29,30). The first-order valence-corrected chi connectivity index (χ1v) is 9.68. The number of alkyl halides is 3. The van der Waals surface area contributed by atoms with E-state index in [-0.39, 0.29) is 28.8 Å². The van der Waals surface area contributed by atoms with Crippen molar-refractivity contribution in [2.24, 2.45) is 0 Å². The summed E-state index contributed by atoms with van der Waals surface area (Å²) in [5.74, 6) is -1.71. The molecule has 0 bridgehead atoms. The minimum absolute atomic E-state index is 0.275. The molecule has 1 aromatic heterocycles. The van der Waals surface area contributed by atoms with Crippen LogP contribution in [-0.4, -0.2) is 42.2 Å². The van der Waals surface area contributed by atoms with Gasteiger partial charge in [-0.15, -0.1) is 0 Å². The van der Waals surface area contributed by atoms with Crippen LogP contribution in [0.1, 0.15) is 12.7 Å². The molecular weight excluding hydrogens is 457 g/mol. The lowest BCUT2D eigenvalue weighted by atomic mass is 10.2. The summed E-state index contributed by atoms with van der Waals surface area (Å²) in [6.07, 6.45) is -4.84. The molecule has 0 aliphatic heterocycles. The normalized spacial score (nSPS) is 10.9. The van der Waals surface area contributed by atoms with Crippen LogP contribution in [0.15, 0.2) is 36.4 Å². The van der Waals surface area contributed by atoms with Gasteiger partial charge < -0.3 is 30.2 Å². The van der Waals surface area contributed by atoms with Crippen molar-refractivity contribution < 1.29 is 32.2 Å². The molecule has 0 unspecified atom stereocenters. The van der Waals surface area contributed by atoms with E-state index >= 15 is 0 Å². The number of aromatic nitrogens is 3. The van der Waals surface area contributed by atoms with E-state index < -0.39 is 23.9 Å². The van der Waals surface area contributed by atoms with Crippen molar-refractivity contribution in [3.05, 3.63) is 42.2 Å². The van der Waals surface area contributed by atoms with Gasteiger partial charge in [-0.1, -0.05) is 12.1 Å². The SMILES string of the molecule is COc1cc(Nc2nc(Nc3ccccc3NC(C)=O)nc(C(F)(F)F)n2)cc(OC)c1OC. The third-order valence-electron chi connectivity index (χ3n) is 4.29. The minimum Gasteiger partial charge on any atom is -0.493 e. The van der Waals surface area contributed by atoms with Crippen molar-refractivity contribution in [1.82, 2.24) is 15.0 Å². The van der Waals surface area contributed by atoms with Crippen molar-refractivity contribution in [3.8, 4) is 17.2 Å². The van der Waals surface area contributed by atoms with Gasteiger partial charge in [-0.3, -0.25) is 4.79 Å². The highest BCUT2D eigenvalue weighted by atomic mass is 19.4. The molecule has 0 radical (unpaired) electrons. The summed E-state index contributed by atoms with van der Waals surface area (Å²) in [4.78, 5) is 22.4. The Kier molecular flexibility index (Phi) is 7.24. The van der Waals surface area contributed by atoms with Gasteiger partial charge in [-0.2, -0.15) is 28.1 Å². The number of amides is 1. The Morgan fingerprint density at radius 2 is 1.41 bits per heavy atom. The molecule has 13 heteroatoms. The van der Waals surface area contributed by atoms with Crippen molar-refractivity contribution >= 4 is 34.9 Å². The second-order valence-electron chi connectivity index (χ2n) is 6.69. The molecule has 180 valence electrons. The lowest BCUT2D eigenvalue weighted by Gasteiger charge is -2.16. The number of halogens is 3. The summed E-state index contributed by atoms with van der Waals surface area (Å²) in [5, 5.41) is 7.98. The number of carbonyl (C=O) groups excluding carboxylic acids is 1. The highest BCUT2D eigenvalue weighted by Gasteiger charge is 2.36. The largest absolute Gasteiger partial charge is 0.493 e. The molecule has 3 N–H and O–H groups in total. The van der Waals surface area contributed by atoms with E-state index in [1.165, 1.54) is 40.4 Å². The number of carbonyl (C=O) groups is 1. The smallest absolute Gasteiger partial charge is 0.451 e. The Hall–Kier alpha value is -4.29. The minimum atomic E-state index is -4.84. The van der Waals surface area contributed by atoms with Gasteiger partial charge in [0.15, 0.2) is 11.5 Å². The first kappa shape index (κ1) is 24.4. The molecule has 0 atom stereocenters. The molecular formula is C21H21F3N6O4. The number of ether oxygens (including phenoxy) is 3. The zero-order valence-electron chi connectivity index (χ0n) is 18.6. The van der Waals surface area contributed by atoms with Crippen LogP contribution < -0.4 is 30.2 Å². The Balaban J connectivity index is 2.02. The molecule has 0 aliphatic carbocycles. The number of rotatable bonds is 8. The van der Waals surface area contributed by atoms with Crippen LogP contribution in [0.2, 0.25) is 0 Å². The van der Waals surface area contributed by atoms with Gasteiger partial charge in [0.25, 0.3) is 0 Å². The van der Waals surface area contributed by atoms with E-state index in [1.54, 1.807) is 24.3 Å². The van der Waals surface area contributed by atoms with Crippen LogP contribution in [0.3, 0.4) is 0 Å². The summed E-state index contributed by atoms with van der Waals surface area (Å²) in [6, 6.07) is 9.38. The first-order chi connectivity index (χ1) is 16.1. The number of para-hydroxylation sites is 2. The Morgan fingerprint density at radius 1 is 0.853 bits per heavy atom. The zero-order chi connectivity index (χ0) is 24.9. The lowest BCUT2D eigenvalue weighted by molar-refractivity contribution is -0.144. The Bertz CT molecular complexity index is 1160. The fourth-order valence-electron chi connectivity index (χ4n) is 2.91. The van der Waals surface area contributed by atoms with Gasteiger partial charge in [0.05, 0.1) is 32.7 Å². The number of nitrogens with one attached hydrogen (secondary N) is 3. The van der Waals surface area contributed by atoms with Gasteiger partial charge >= 0.3 is 6.18 Å². The maximum Gasteiger partial charge on any atom is 0.451 e. The highest BCUT2D eigenvalue weighted by Crippen LogP contribution is 2.40. The van der Waals surface area contributed by atoms with Crippen molar-refractivity contribution in [2.45, 2.75) is 13.1 Å². The molecule has 1 heterocycles. The number of hydrogen-bond donors (Lipinski definition) is 3. The van der Waals surface area contributed by atoms with E-state index in [2.05, 4.69) is 30.9 Å². The van der Waals surface area contributed by atoms with Crippen LogP contribution in [0.25, 0.3) is 0 Å². The summed E-state index contributed by atoms with van der Waals surface area (Å²) in [7, 11) is 4.23. The fourth-order valence-corrected chi connectivity index (χ4v) is 2.91. The number of benzene rings is 2. The zero-order valence-corrected chi connectivity index (χ0v) is 18.6. The molecule has 1 amide bonds. The Morgan fingerprint density at radius 3 is 1.91 bits per heavy atom. The molecule has 3 rings (SSSR count). The maximum absolute atomic E-state index is 13.5. The molecule has 3 aromatic rings. The second kappa shape index (κ2) is 10.1. The quantitative estimate of drug-likeness (QED) is 0.434. The Labute approximate surface area is 192 Å². The van der Waals surface area contributed by atoms with Gasteiger partial charge in [0.2, 0.25) is 29.4 Å². The second-order valence-corrected chi connectivity index (χ2v) is 6.69. The van der Waals surface area contributed by atoms with E-state index in [4.69, 9.17) is 14.2 Å². The fraction of sp³-hybridized carbons (Fsp3) is 0.238. The number of hydrogen-bond acceptors (Lipinski definition) is 9. The monoisotopic (exact) mass is 478 g/mol. The summed E-state index contributed by atoms with van der Waals surface area (Å²) >= 11 is 0. The molecule has 0 saturated heterocycles. The lowest BCUT2D eigenvalue weighted by Crippen LogP contribution is -2.16. The summed E-state index contributed by atoms with van der Waals surface area (Å²) in [5.41, 5.74) is 0.900. The predicted molar refractivity (Wildman–Crippen MR) is 118 cm³/mol. The number of anilines is 5. The molecule has 34 heavy (non-hydrogen) atoms. The molecule has 10 nitrogen and oxygen atoms in total. The van der Waals surface area contributed by atoms with E-state index in [0.29, 0.717) is 11.4 Å². The number of methoxy groups -OCH3 is 3. The van der Waals surface area contributed by atoms with Gasteiger partial charge in [0.1, 0.15) is 0 Å².